The molecule has 1 aliphatic heterocycles. The van der Waals surface area contributed by atoms with Crippen LogP contribution in [0.5, 0.6) is 0 Å². The standard InChI is InChI=1S/C24H27FN2O3/c1-24(2)13-17-11-16(23(29)30)8-10-19(17)26-21(24)15-7-9-18(25)20(12-15)27-22(28)14-5-3-4-6-14/h7-12,14,21,26H,3-6,13H2,1-2H3,(H,27,28)(H,29,30). The molecule has 0 radical (unpaired) electrons. The summed E-state index contributed by atoms with van der Waals surface area (Å²) in [6.45, 7) is 4.20. The Morgan fingerprint density at radius 1 is 1.13 bits per heavy atom. The molecule has 3 N–H and O–H groups in total. The number of carboxylic acid groups (broad SMARTS) is 1. The van der Waals surface area contributed by atoms with Crippen molar-refractivity contribution >= 4 is 23.3 Å². The molecule has 2 aromatic rings. The minimum absolute atomic E-state index is 0.0346. The van der Waals surface area contributed by atoms with Gasteiger partial charge in [-0.1, -0.05) is 32.8 Å². The Labute approximate surface area is 175 Å². The van der Waals surface area contributed by atoms with Crippen LogP contribution in [0.25, 0.3) is 0 Å². The molecule has 1 aliphatic carbocycles. The van der Waals surface area contributed by atoms with Crippen molar-refractivity contribution in [3.63, 3.8) is 0 Å². The lowest BCUT2D eigenvalue weighted by Crippen LogP contribution is -2.35. The molecule has 0 spiro atoms. The van der Waals surface area contributed by atoms with Crippen LogP contribution in [-0.2, 0) is 11.2 Å². The van der Waals surface area contributed by atoms with Gasteiger partial charge >= 0.3 is 5.97 Å². The number of hydrogen-bond acceptors (Lipinski definition) is 3. The van der Waals surface area contributed by atoms with Crippen LogP contribution < -0.4 is 10.6 Å². The van der Waals surface area contributed by atoms with Crippen LogP contribution >= 0.6 is 0 Å². The van der Waals surface area contributed by atoms with Gasteiger partial charge in [0.2, 0.25) is 5.91 Å². The summed E-state index contributed by atoms with van der Waals surface area (Å²) in [6.07, 6.45) is 4.49. The quantitative estimate of drug-likeness (QED) is 0.632. The molecule has 1 heterocycles. The fourth-order valence-electron chi connectivity index (χ4n) is 4.73. The van der Waals surface area contributed by atoms with E-state index in [4.69, 9.17) is 0 Å². The predicted octanol–water partition coefficient (Wildman–Crippen LogP) is 5.39. The van der Waals surface area contributed by atoms with Crippen LogP contribution in [0.15, 0.2) is 36.4 Å². The van der Waals surface area contributed by atoms with Crippen LogP contribution in [0, 0.1) is 17.2 Å². The number of rotatable bonds is 4. The van der Waals surface area contributed by atoms with Gasteiger partial charge in [0, 0.05) is 11.6 Å². The Bertz CT molecular complexity index is 996. The lowest BCUT2D eigenvalue weighted by molar-refractivity contribution is -0.119. The highest BCUT2D eigenvalue weighted by Crippen LogP contribution is 2.45. The van der Waals surface area contributed by atoms with Gasteiger partial charge in [0.25, 0.3) is 0 Å². The summed E-state index contributed by atoms with van der Waals surface area (Å²) in [6, 6.07) is 9.84. The number of fused-ring (bicyclic) bond motifs is 1. The number of aromatic carboxylic acids is 1. The van der Waals surface area contributed by atoms with E-state index in [1.54, 1.807) is 30.3 Å². The van der Waals surface area contributed by atoms with Crippen molar-refractivity contribution in [3.8, 4) is 0 Å². The normalized spacial score (nSPS) is 20.3. The first-order valence-electron chi connectivity index (χ1n) is 10.5. The molecule has 1 saturated carbocycles. The van der Waals surface area contributed by atoms with Crippen LogP contribution in [0.4, 0.5) is 15.8 Å². The second kappa shape index (κ2) is 7.74. The molecule has 2 aromatic carbocycles. The molecule has 2 aliphatic rings. The molecule has 6 heteroatoms. The molecule has 0 bridgehead atoms. The number of benzene rings is 2. The van der Waals surface area contributed by atoms with Crippen LogP contribution in [-0.4, -0.2) is 17.0 Å². The maximum atomic E-state index is 14.4. The maximum Gasteiger partial charge on any atom is 0.335 e. The number of amides is 1. The Hall–Kier alpha value is -2.89. The van der Waals surface area contributed by atoms with E-state index in [1.807, 2.05) is 0 Å². The van der Waals surface area contributed by atoms with Crippen molar-refractivity contribution in [3.05, 3.63) is 58.9 Å². The van der Waals surface area contributed by atoms with Gasteiger partial charge in [0.15, 0.2) is 0 Å². The Morgan fingerprint density at radius 2 is 1.87 bits per heavy atom. The number of carbonyl (C=O) groups is 2. The summed E-state index contributed by atoms with van der Waals surface area (Å²) < 4.78 is 14.4. The summed E-state index contributed by atoms with van der Waals surface area (Å²) in [5, 5.41) is 15.6. The van der Waals surface area contributed by atoms with E-state index in [0.717, 1.165) is 42.5 Å². The molecule has 158 valence electrons. The second-order valence-corrected chi connectivity index (χ2v) is 9.13. The lowest BCUT2D eigenvalue weighted by atomic mass is 9.72. The van der Waals surface area contributed by atoms with E-state index in [1.165, 1.54) is 6.07 Å². The Balaban J connectivity index is 1.61. The summed E-state index contributed by atoms with van der Waals surface area (Å²) >= 11 is 0. The molecule has 0 aromatic heterocycles. The van der Waals surface area contributed by atoms with Crippen molar-refractivity contribution in [2.45, 2.75) is 52.0 Å². The van der Waals surface area contributed by atoms with Crippen molar-refractivity contribution in [2.24, 2.45) is 11.3 Å². The zero-order chi connectivity index (χ0) is 21.5. The highest BCUT2D eigenvalue weighted by molar-refractivity contribution is 5.93. The highest BCUT2D eigenvalue weighted by Gasteiger charge is 2.36. The van der Waals surface area contributed by atoms with Gasteiger partial charge in [-0.05, 0) is 66.1 Å². The number of carbonyl (C=O) groups excluding carboxylic acids is 1. The highest BCUT2D eigenvalue weighted by atomic mass is 19.1. The van der Waals surface area contributed by atoms with Crippen molar-refractivity contribution in [1.82, 2.24) is 0 Å². The average molecular weight is 410 g/mol. The van der Waals surface area contributed by atoms with E-state index in [9.17, 15) is 19.1 Å². The molecule has 4 rings (SSSR count). The molecular weight excluding hydrogens is 383 g/mol. The molecule has 30 heavy (non-hydrogen) atoms. The van der Waals surface area contributed by atoms with Gasteiger partial charge in [0.05, 0.1) is 17.3 Å². The van der Waals surface area contributed by atoms with Gasteiger partial charge in [-0.3, -0.25) is 4.79 Å². The predicted molar refractivity (Wildman–Crippen MR) is 114 cm³/mol. The van der Waals surface area contributed by atoms with Crippen LogP contribution in [0.2, 0.25) is 0 Å². The van der Waals surface area contributed by atoms with Crippen molar-refractivity contribution in [2.75, 3.05) is 10.6 Å². The maximum absolute atomic E-state index is 14.4. The molecule has 1 fully saturated rings. The second-order valence-electron chi connectivity index (χ2n) is 9.13. The topological polar surface area (TPSA) is 78.4 Å². The van der Waals surface area contributed by atoms with Gasteiger partial charge in [-0.25, -0.2) is 9.18 Å². The first-order valence-corrected chi connectivity index (χ1v) is 10.5. The molecule has 1 atom stereocenters. The van der Waals surface area contributed by atoms with E-state index in [2.05, 4.69) is 24.5 Å². The minimum atomic E-state index is -0.945. The molecule has 0 saturated heterocycles. The summed E-state index contributed by atoms with van der Waals surface area (Å²) in [7, 11) is 0. The Kier molecular flexibility index (Phi) is 5.26. The fourth-order valence-corrected chi connectivity index (χ4v) is 4.73. The van der Waals surface area contributed by atoms with E-state index < -0.39 is 11.8 Å². The fraction of sp³-hybridized carbons (Fsp3) is 0.417. The van der Waals surface area contributed by atoms with E-state index in [0.29, 0.717) is 6.42 Å². The number of nitrogens with one attached hydrogen (secondary N) is 2. The molecule has 1 unspecified atom stereocenters. The van der Waals surface area contributed by atoms with Crippen molar-refractivity contribution in [1.29, 1.82) is 0 Å². The summed E-state index contributed by atoms with van der Waals surface area (Å²) in [5.41, 5.74) is 2.96. The van der Waals surface area contributed by atoms with E-state index in [-0.39, 0.29) is 34.5 Å². The zero-order valence-electron chi connectivity index (χ0n) is 17.3. The first-order chi connectivity index (χ1) is 14.2. The first kappa shape index (κ1) is 20.4. The average Bonchev–Trinajstić information content (AvgIpc) is 3.23. The molecular formula is C24H27FN2O3. The zero-order valence-corrected chi connectivity index (χ0v) is 17.3. The number of carboxylic acids is 1. The smallest absolute Gasteiger partial charge is 0.335 e. The molecule has 1 amide bonds. The summed E-state index contributed by atoms with van der Waals surface area (Å²) in [5.74, 6) is -1.53. The minimum Gasteiger partial charge on any atom is -0.478 e. The van der Waals surface area contributed by atoms with Gasteiger partial charge in [-0.15, -0.1) is 0 Å². The third-order valence-electron chi connectivity index (χ3n) is 6.39. The third kappa shape index (κ3) is 3.91. The van der Waals surface area contributed by atoms with Gasteiger partial charge in [0.1, 0.15) is 5.82 Å². The third-order valence-corrected chi connectivity index (χ3v) is 6.39. The monoisotopic (exact) mass is 410 g/mol. The number of anilines is 2. The van der Waals surface area contributed by atoms with Crippen LogP contribution in [0.1, 0.15) is 67.1 Å². The lowest BCUT2D eigenvalue weighted by Gasteiger charge is -2.41. The van der Waals surface area contributed by atoms with Gasteiger partial charge in [-0.2, -0.15) is 0 Å². The summed E-state index contributed by atoms with van der Waals surface area (Å²) in [4.78, 5) is 23.8. The van der Waals surface area contributed by atoms with Crippen LogP contribution in [0.3, 0.4) is 0 Å². The Morgan fingerprint density at radius 3 is 2.57 bits per heavy atom. The van der Waals surface area contributed by atoms with E-state index >= 15 is 0 Å². The number of hydrogen-bond donors (Lipinski definition) is 3. The van der Waals surface area contributed by atoms with Crippen molar-refractivity contribution < 1.29 is 19.1 Å². The largest absolute Gasteiger partial charge is 0.478 e. The SMILES string of the molecule is CC1(C)Cc2cc(C(=O)O)ccc2NC1c1ccc(F)c(NC(=O)C2CCCC2)c1. The van der Waals surface area contributed by atoms with Gasteiger partial charge < -0.3 is 15.7 Å². The number of halogens is 1. The molecule has 5 nitrogen and oxygen atoms in total.